The van der Waals surface area contributed by atoms with Crippen LogP contribution in [0.25, 0.3) is 112 Å². The lowest BCUT2D eigenvalue weighted by Crippen LogP contribution is -2.14. The minimum absolute atomic E-state index is 0.0746. The Hall–Kier alpha value is -8.21. The summed E-state index contributed by atoms with van der Waals surface area (Å²) in [6.07, 6.45) is 0. The van der Waals surface area contributed by atoms with E-state index >= 15 is 0 Å². The molecule has 0 radical (unpaired) electrons. The van der Waals surface area contributed by atoms with Crippen LogP contribution in [0, 0.1) is 0 Å². The molecule has 1 aliphatic carbocycles. The van der Waals surface area contributed by atoms with Crippen LogP contribution in [0.3, 0.4) is 0 Å². The van der Waals surface area contributed by atoms with Gasteiger partial charge >= 0.3 is 0 Å². The number of fused-ring (bicyclic) bond motifs is 6. The molecule has 64 heavy (non-hydrogen) atoms. The number of aromatic nitrogens is 3. The van der Waals surface area contributed by atoms with Crippen LogP contribution in [-0.2, 0) is 5.41 Å². The third-order valence-corrected chi connectivity index (χ3v) is 13.0. The van der Waals surface area contributed by atoms with Crippen molar-refractivity contribution in [1.82, 2.24) is 15.0 Å². The Bertz CT molecular complexity index is 3560. The fraction of sp³-hybridized carbons (Fsp3) is 0.0500. The van der Waals surface area contributed by atoms with E-state index in [1.54, 1.807) is 0 Å². The van der Waals surface area contributed by atoms with Crippen LogP contribution in [-0.4, -0.2) is 15.0 Å². The first-order valence-corrected chi connectivity index (χ1v) is 21.8. The van der Waals surface area contributed by atoms with Gasteiger partial charge in [0, 0.05) is 32.9 Å². The maximum absolute atomic E-state index is 6.28. The first-order valence-electron chi connectivity index (χ1n) is 21.8. The molecule has 0 fully saturated rings. The van der Waals surface area contributed by atoms with E-state index in [0.29, 0.717) is 17.5 Å². The van der Waals surface area contributed by atoms with Gasteiger partial charge in [-0.2, -0.15) is 0 Å². The monoisotopic (exact) mass is 819 g/mol. The zero-order valence-corrected chi connectivity index (χ0v) is 35.5. The molecule has 0 spiro atoms. The Morgan fingerprint density at radius 1 is 0.312 bits per heavy atom. The quantitative estimate of drug-likeness (QED) is 0.161. The number of nitrogens with zero attached hydrogens (tertiary/aromatic N) is 3. The minimum atomic E-state index is -0.0746. The molecule has 0 saturated carbocycles. The summed E-state index contributed by atoms with van der Waals surface area (Å²) in [6, 6.07) is 75.4. The smallest absolute Gasteiger partial charge is 0.164 e. The molecule has 0 atom stereocenters. The molecule has 12 rings (SSSR count). The lowest BCUT2D eigenvalue weighted by Gasteiger charge is -2.22. The summed E-state index contributed by atoms with van der Waals surface area (Å²) in [7, 11) is 0. The zero-order chi connectivity index (χ0) is 42.8. The van der Waals surface area contributed by atoms with Gasteiger partial charge in [-0.3, -0.25) is 0 Å². The van der Waals surface area contributed by atoms with E-state index in [1.807, 2.05) is 54.6 Å². The predicted molar refractivity (Wildman–Crippen MR) is 263 cm³/mol. The van der Waals surface area contributed by atoms with E-state index < -0.39 is 0 Å². The number of hydrogen-bond donors (Lipinski definition) is 0. The maximum atomic E-state index is 6.28. The summed E-state index contributed by atoms with van der Waals surface area (Å²) < 4.78 is 6.28. The lowest BCUT2D eigenvalue weighted by molar-refractivity contribution is 0.660. The summed E-state index contributed by atoms with van der Waals surface area (Å²) in [6.45, 7) is 4.68. The highest BCUT2D eigenvalue weighted by atomic mass is 16.3. The van der Waals surface area contributed by atoms with Gasteiger partial charge in [0.05, 0.1) is 0 Å². The largest absolute Gasteiger partial charge is 0.456 e. The molecule has 0 saturated heterocycles. The maximum Gasteiger partial charge on any atom is 0.164 e. The molecule has 1 aliphatic rings. The molecular weight excluding hydrogens is 779 g/mol. The molecule has 2 heterocycles. The van der Waals surface area contributed by atoms with Crippen LogP contribution in [0.4, 0.5) is 0 Å². The average molecular weight is 820 g/mol. The van der Waals surface area contributed by atoms with Crippen molar-refractivity contribution in [2.75, 3.05) is 0 Å². The standard InChI is InChI=1S/C60H41N3O/c1-60(2)52-24-14-12-22-46(52)51-34-43(31-33-53(51)60)50-36-45(38-16-6-3-7-17-38)35-49(56(50)40-18-8-4-9-19-40)39-26-28-42(29-27-39)58-61-57(41-20-10-5-11-21-41)62-59(63-58)44-30-32-48-47-23-13-15-25-54(47)64-55(48)37-44/h3-37H,1-2H3. The van der Waals surface area contributed by atoms with Crippen molar-refractivity contribution in [2.24, 2.45) is 0 Å². The van der Waals surface area contributed by atoms with Gasteiger partial charge in [-0.1, -0.05) is 190 Å². The first-order chi connectivity index (χ1) is 31.5. The van der Waals surface area contributed by atoms with Gasteiger partial charge < -0.3 is 4.42 Å². The van der Waals surface area contributed by atoms with Gasteiger partial charge in [-0.15, -0.1) is 0 Å². The van der Waals surface area contributed by atoms with E-state index in [0.717, 1.165) is 60.9 Å². The minimum Gasteiger partial charge on any atom is -0.456 e. The van der Waals surface area contributed by atoms with E-state index in [9.17, 15) is 0 Å². The molecule has 302 valence electrons. The van der Waals surface area contributed by atoms with Gasteiger partial charge in [0.2, 0.25) is 0 Å². The zero-order valence-electron chi connectivity index (χ0n) is 35.5. The molecule has 4 heteroatoms. The topological polar surface area (TPSA) is 51.8 Å². The van der Waals surface area contributed by atoms with Crippen molar-refractivity contribution in [2.45, 2.75) is 19.3 Å². The van der Waals surface area contributed by atoms with Gasteiger partial charge in [0.15, 0.2) is 17.5 Å². The highest BCUT2D eigenvalue weighted by Crippen LogP contribution is 2.51. The fourth-order valence-corrected chi connectivity index (χ4v) is 9.71. The Morgan fingerprint density at radius 2 is 0.797 bits per heavy atom. The second kappa shape index (κ2) is 15.0. The lowest BCUT2D eigenvalue weighted by atomic mass is 9.81. The summed E-state index contributed by atoms with van der Waals surface area (Å²) in [5.74, 6) is 1.80. The van der Waals surface area contributed by atoms with Crippen LogP contribution < -0.4 is 0 Å². The third kappa shape index (κ3) is 6.34. The summed E-state index contributed by atoms with van der Waals surface area (Å²) in [5, 5.41) is 2.15. The van der Waals surface area contributed by atoms with E-state index in [2.05, 4.69) is 172 Å². The first kappa shape index (κ1) is 37.5. The average Bonchev–Trinajstić information content (AvgIpc) is 3.85. The second-order valence-corrected chi connectivity index (χ2v) is 17.2. The Kier molecular flexibility index (Phi) is 8.80. The van der Waals surface area contributed by atoms with Gasteiger partial charge in [-0.25, -0.2) is 15.0 Å². The van der Waals surface area contributed by atoms with Crippen LogP contribution in [0.1, 0.15) is 25.0 Å². The Labute approximate surface area is 372 Å². The molecular formula is C60H41N3O. The van der Waals surface area contributed by atoms with Gasteiger partial charge in [0.25, 0.3) is 0 Å². The van der Waals surface area contributed by atoms with E-state index in [4.69, 9.17) is 19.4 Å². The highest BCUT2D eigenvalue weighted by Gasteiger charge is 2.35. The van der Waals surface area contributed by atoms with Gasteiger partial charge in [0.1, 0.15) is 11.2 Å². The molecule has 0 aliphatic heterocycles. The number of hydrogen-bond acceptors (Lipinski definition) is 4. The van der Waals surface area contributed by atoms with E-state index in [1.165, 1.54) is 44.5 Å². The van der Waals surface area contributed by atoms with Crippen LogP contribution >= 0.6 is 0 Å². The number of rotatable bonds is 7. The van der Waals surface area contributed by atoms with Crippen LogP contribution in [0.5, 0.6) is 0 Å². The molecule has 9 aromatic carbocycles. The molecule has 0 bridgehead atoms. The normalized spacial score (nSPS) is 12.7. The van der Waals surface area contributed by atoms with Gasteiger partial charge in [-0.05, 0) is 103 Å². The predicted octanol–water partition coefficient (Wildman–Crippen LogP) is 15.7. The third-order valence-electron chi connectivity index (χ3n) is 13.0. The van der Waals surface area contributed by atoms with E-state index in [-0.39, 0.29) is 5.41 Å². The fourth-order valence-electron chi connectivity index (χ4n) is 9.71. The summed E-state index contributed by atoms with van der Waals surface area (Å²) in [5.41, 5.74) is 18.9. The highest BCUT2D eigenvalue weighted by molar-refractivity contribution is 6.06. The number of furan rings is 1. The SMILES string of the molecule is CC1(C)c2ccccc2-c2cc(-c3cc(-c4ccccc4)cc(-c4ccc(-c5nc(-c6ccccc6)nc(-c6ccc7c(c6)oc6ccccc67)n5)cc4)c3-c3ccccc3)ccc21. The van der Waals surface area contributed by atoms with Crippen LogP contribution in [0.15, 0.2) is 217 Å². The molecule has 0 N–H and O–H groups in total. The summed E-state index contributed by atoms with van der Waals surface area (Å²) >= 11 is 0. The van der Waals surface area contributed by atoms with Crippen molar-refractivity contribution >= 4 is 21.9 Å². The van der Waals surface area contributed by atoms with Crippen molar-refractivity contribution in [3.8, 4) is 89.8 Å². The Balaban J connectivity index is 1.02. The molecule has 4 nitrogen and oxygen atoms in total. The Morgan fingerprint density at radius 3 is 1.52 bits per heavy atom. The molecule has 2 aromatic heterocycles. The molecule has 0 amide bonds. The molecule has 0 unspecified atom stereocenters. The number of benzene rings is 9. The molecule has 11 aromatic rings. The second-order valence-electron chi connectivity index (χ2n) is 17.2. The van der Waals surface area contributed by atoms with Crippen molar-refractivity contribution < 1.29 is 4.42 Å². The summed E-state index contributed by atoms with van der Waals surface area (Å²) in [4.78, 5) is 15.2. The number of para-hydroxylation sites is 1. The van der Waals surface area contributed by atoms with Crippen molar-refractivity contribution in [1.29, 1.82) is 0 Å². The van der Waals surface area contributed by atoms with Crippen molar-refractivity contribution in [3.05, 3.63) is 223 Å². The van der Waals surface area contributed by atoms with Crippen LogP contribution in [0.2, 0.25) is 0 Å². The van der Waals surface area contributed by atoms with Crippen molar-refractivity contribution in [3.63, 3.8) is 0 Å².